The molecule has 4 aromatic carbocycles. The number of ether oxygens (including phenoxy) is 3. The van der Waals surface area contributed by atoms with Gasteiger partial charge in [0.1, 0.15) is 30.5 Å². The Balaban J connectivity index is 1.46. The fraction of sp³-hybridized carbons (Fsp3) is 0.167. The maximum Gasteiger partial charge on any atom is 0.163 e. The molecule has 0 radical (unpaired) electrons. The van der Waals surface area contributed by atoms with Crippen molar-refractivity contribution in [3.8, 4) is 17.2 Å². The molecule has 4 heteroatoms. The van der Waals surface area contributed by atoms with E-state index in [9.17, 15) is 4.79 Å². The fourth-order valence-corrected chi connectivity index (χ4v) is 3.61. The Bertz CT molecular complexity index is 1190. The summed E-state index contributed by atoms with van der Waals surface area (Å²) in [6.07, 6.45) is 0.964. The minimum Gasteiger partial charge on any atom is -0.497 e. The highest BCUT2D eigenvalue weighted by molar-refractivity contribution is 5.96. The maximum atomic E-state index is 12.7. The Hall–Kier alpha value is -4.05. The van der Waals surface area contributed by atoms with Gasteiger partial charge in [0.05, 0.1) is 7.11 Å². The molecule has 0 atom stereocenters. The number of carbonyl (C=O) groups is 1. The third-order valence-electron chi connectivity index (χ3n) is 5.56. The van der Waals surface area contributed by atoms with Crippen LogP contribution >= 0.6 is 0 Å². The van der Waals surface area contributed by atoms with Gasteiger partial charge in [-0.05, 0) is 53.4 Å². The summed E-state index contributed by atoms with van der Waals surface area (Å²) in [7, 11) is 1.61. The molecule has 0 aliphatic rings. The van der Waals surface area contributed by atoms with Crippen molar-refractivity contribution >= 4 is 5.78 Å². The lowest BCUT2D eigenvalue weighted by Gasteiger charge is -2.14. The second kappa shape index (κ2) is 11.7. The lowest BCUT2D eigenvalue weighted by atomic mass is 10.0. The largest absolute Gasteiger partial charge is 0.497 e. The van der Waals surface area contributed by atoms with Crippen LogP contribution in [0.3, 0.4) is 0 Å². The third kappa shape index (κ3) is 6.48. The molecule has 4 aromatic rings. The molecule has 0 unspecified atom stereocenters. The molecule has 0 saturated carbocycles. The van der Waals surface area contributed by atoms with Gasteiger partial charge in [0.2, 0.25) is 0 Å². The van der Waals surface area contributed by atoms with Crippen LogP contribution in [0.1, 0.15) is 33.5 Å². The van der Waals surface area contributed by atoms with E-state index in [1.165, 1.54) is 0 Å². The van der Waals surface area contributed by atoms with Crippen molar-refractivity contribution in [2.24, 2.45) is 0 Å². The number of ketones is 1. The molecular weight excluding hydrogens is 424 g/mol. The zero-order chi connectivity index (χ0) is 23.6. The summed E-state index contributed by atoms with van der Waals surface area (Å²) >= 11 is 0. The Morgan fingerprint density at radius 3 is 1.88 bits per heavy atom. The summed E-state index contributed by atoms with van der Waals surface area (Å²) in [6, 6.07) is 33.1. The van der Waals surface area contributed by atoms with Crippen LogP contribution in [0, 0.1) is 0 Å². The summed E-state index contributed by atoms with van der Waals surface area (Å²) in [5.74, 6) is 2.29. The predicted molar refractivity (Wildman–Crippen MR) is 134 cm³/mol. The molecular formula is C30H28O4. The third-order valence-corrected chi connectivity index (χ3v) is 5.56. The SMILES string of the molecule is COc1ccc(C(=O)CCc2ccc(OCc3ccccc3)cc2OCc2ccccc2)cc1. The van der Waals surface area contributed by atoms with E-state index in [-0.39, 0.29) is 5.78 Å². The summed E-state index contributed by atoms with van der Waals surface area (Å²) in [6.45, 7) is 0.927. The predicted octanol–water partition coefficient (Wildman–Crippen LogP) is 6.67. The number of hydrogen-bond donors (Lipinski definition) is 0. The van der Waals surface area contributed by atoms with Crippen LogP contribution in [-0.2, 0) is 19.6 Å². The second-order valence-electron chi connectivity index (χ2n) is 7.97. The number of Topliss-reactive ketones (excluding diaryl/α,β-unsaturated/α-hetero) is 1. The van der Waals surface area contributed by atoms with Crippen LogP contribution in [-0.4, -0.2) is 12.9 Å². The van der Waals surface area contributed by atoms with Crippen molar-refractivity contribution in [1.29, 1.82) is 0 Å². The van der Waals surface area contributed by atoms with Crippen LogP contribution in [0.5, 0.6) is 17.2 Å². The van der Waals surface area contributed by atoms with E-state index in [2.05, 4.69) is 0 Å². The van der Waals surface area contributed by atoms with Crippen molar-refractivity contribution in [2.75, 3.05) is 7.11 Å². The lowest BCUT2D eigenvalue weighted by Crippen LogP contribution is -2.04. The molecule has 0 spiro atoms. The molecule has 4 rings (SSSR count). The fourth-order valence-electron chi connectivity index (χ4n) is 3.61. The minimum absolute atomic E-state index is 0.0843. The first-order valence-corrected chi connectivity index (χ1v) is 11.3. The van der Waals surface area contributed by atoms with Crippen molar-refractivity contribution < 1.29 is 19.0 Å². The number of rotatable bonds is 11. The van der Waals surface area contributed by atoms with Gasteiger partial charge < -0.3 is 14.2 Å². The van der Waals surface area contributed by atoms with Crippen LogP contribution in [0.2, 0.25) is 0 Å². The van der Waals surface area contributed by atoms with Crippen LogP contribution in [0.25, 0.3) is 0 Å². The monoisotopic (exact) mass is 452 g/mol. The standard InChI is InChI=1S/C30H28O4/c1-32-27-16-12-25(13-17-27)29(31)19-15-26-14-18-28(33-21-23-8-4-2-5-9-23)20-30(26)34-22-24-10-6-3-7-11-24/h2-14,16-18,20H,15,19,21-22H2,1H3. The molecule has 0 N–H and O–H groups in total. The first kappa shape index (κ1) is 23.1. The molecule has 0 amide bonds. The molecule has 0 bridgehead atoms. The molecule has 34 heavy (non-hydrogen) atoms. The van der Waals surface area contributed by atoms with Crippen molar-refractivity contribution in [1.82, 2.24) is 0 Å². The molecule has 4 nitrogen and oxygen atoms in total. The Kier molecular flexibility index (Phi) is 7.96. The summed E-state index contributed by atoms with van der Waals surface area (Å²) in [4.78, 5) is 12.7. The van der Waals surface area contributed by atoms with Gasteiger partial charge in [-0.3, -0.25) is 4.79 Å². The van der Waals surface area contributed by atoms with Crippen molar-refractivity contribution in [3.63, 3.8) is 0 Å². The van der Waals surface area contributed by atoms with Gasteiger partial charge in [0, 0.05) is 18.1 Å². The second-order valence-corrected chi connectivity index (χ2v) is 7.97. The molecule has 0 aliphatic heterocycles. The van der Waals surface area contributed by atoms with Crippen LogP contribution in [0.15, 0.2) is 103 Å². The summed E-state index contributed by atoms with van der Waals surface area (Å²) in [5, 5.41) is 0. The van der Waals surface area contributed by atoms with Gasteiger partial charge in [0.25, 0.3) is 0 Å². The molecule has 0 heterocycles. The smallest absolute Gasteiger partial charge is 0.163 e. The Morgan fingerprint density at radius 1 is 0.676 bits per heavy atom. The van der Waals surface area contributed by atoms with E-state index in [1.807, 2.05) is 78.9 Å². The highest BCUT2D eigenvalue weighted by atomic mass is 16.5. The van der Waals surface area contributed by atoms with E-state index in [0.29, 0.717) is 31.6 Å². The van der Waals surface area contributed by atoms with Gasteiger partial charge in [0.15, 0.2) is 5.78 Å². The number of hydrogen-bond acceptors (Lipinski definition) is 4. The van der Waals surface area contributed by atoms with Gasteiger partial charge in [-0.1, -0.05) is 66.7 Å². The molecule has 0 fully saturated rings. The van der Waals surface area contributed by atoms with Crippen LogP contribution < -0.4 is 14.2 Å². The van der Waals surface area contributed by atoms with Gasteiger partial charge in [-0.2, -0.15) is 0 Å². The normalized spacial score (nSPS) is 10.5. The summed E-state index contributed by atoms with van der Waals surface area (Å²) < 4.78 is 17.4. The van der Waals surface area contributed by atoms with Gasteiger partial charge >= 0.3 is 0 Å². The van der Waals surface area contributed by atoms with E-state index in [0.717, 1.165) is 33.9 Å². The number of methoxy groups -OCH3 is 1. The first-order chi connectivity index (χ1) is 16.7. The molecule has 0 aliphatic carbocycles. The average Bonchev–Trinajstić information content (AvgIpc) is 2.91. The quantitative estimate of drug-likeness (QED) is 0.238. The minimum atomic E-state index is 0.0843. The first-order valence-electron chi connectivity index (χ1n) is 11.3. The number of carbonyl (C=O) groups excluding carboxylic acids is 1. The highest BCUT2D eigenvalue weighted by Crippen LogP contribution is 2.28. The zero-order valence-corrected chi connectivity index (χ0v) is 19.3. The highest BCUT2D eigenvalue weighted by Gasteiger charge is 2.12. The van der Waals surface area contributed by atoms with Crippen molar-refractivity contribution in [3.05, 3.63) is 125 Å². The zero-order valence-electron chi connectivity index (χ0n) is 19.3. The molecule has 0 saturated heterocycles. The lowest BCUT2D eigenvalue weighted by molar-refractivity contribution is 0.0982. The number of aryl methyl sites for hydroxylation is 1. The average molecular weight is 453 g/mol. The van der Waals surface area contributed by atoms with Crippen molar-refractivity contribution in [2.45, 2.75) is 26.1 Å². The molecule has 0 aromatic heterocycles. The Morgan fingerprint density at radius 2 is 1.26 bits per heavy atom. The number of benzene rings is 4. The van der Waals surface area contributed by atoms with Gasteiger partial charge in [-0.25, -0.2) is 0 Å². The topological polar surface area (TPSA) is 44.8 Å². The van der Waals surface area contributed by atoms with E-state index in [4.69, 9.17) is 14.2 Å². The van der Waals surface area contributed by atoms with E-state index >= 15 is 0 Å². The maximum absolute atomic E-state index is 12.7. The Labute approximate surface area is 200 Å². The van der Waals surface area contributed by atoms with Gasteiger partial charge in [-0.15, -0.1) is 0 Å². The summed E-state index contributed by atoms with van der Waals surface area (Å²) in [5.41, 5.74) is 3.84. The molecule has 172 valence electrons. The van der Waals surface area contributed by atoms with E-state index in [1.54, 1.807) is 31.4 Å². The van der Waals surface area contributed by atoms with E-state index < -0.39 is 0 Å². The van der Waals surface area contributed by atoms with Crippen LogP contribution in [0.4, 0.5) is 0 Å².